The Hall–Kier alpha value is -3.32. The van der Waals surface area contributed by atoms with Crippen molar-refractivity contribution in [2.24, 2.45) is 0 Å². The van der Waals surface area contributed by atoms with Crippen molar-refractivity contribution in [2.75, 3.05) is 23.9 Å². The van der Waals surface area contributed by atoms with E-state index < -0.39 is 0 Å². The molecule has 0 radical (unpaired) electrons. The van der Waals surface area contributed by atoms with E-state index in [0.717, 1.165) is 34.6 Å². The molecule has 4 aromatic rings. The fourth-order valence-electron chi connectivity index (χ4n) is 4.00. The first-order valence-corrected chi connectivity index (χ1v) is 10.9. The average molecular weight is 477 g/mol. The second-order valence-electron chi connectivity index (χ2n) is 7.44. The first-order valence-electron chi connectivity index (χ1n) is 10.1. The number of halogens is 1. The number of amides is 1. The number of hydrogen-bond acceptors (Lipinski definition) is 4. The Morgan fingerprint density at radius 3 is 2.77 bits per heavy atom. The van der Waals surface area contributed by atoms with Crippen LogP contribution in [0, 0.1) is 0 Å². The van der Waals surface area contributed by atoms with Crippen molar-refractivity contribution in [3.05, 3.63) is 82.6 Å². The molecule has 2 heterocycles. The van der Waals surface area contributed by atoms with Crippen LogP contribution in [0.4, 0.5) is 11.4 Å². The zero-order valence-corrected chi connectivity index (χ0v) is 18.6. The minimum atomic E-state index is -0.183. The van der Waals surface area contributed by atoms with Gasteiger partial charge in [-0.15, -0.1) is 0 Å². The van der Waals surface area contributed by atoms with Crippen molar-refractivity contribution in [3.8, 4) is 5.75 Å². The van der Waals surface area contributed by atoms with Gasteiger partial charge in [-0.2, -0.15) is 0 Å². The normalized spacial score (nSPS) is 13.2. The maximum Gasteiger partial charge on any atom is 0.255 e. The Morgan fingerprint density at radius 1 is 1.06 bits per heavy atom. The summed E-state index contributed by atoms with van der Waals surface area (Å²) in [5, 5.41) is 2.99. The summed E-state index contributed by atoms with van der Waals surface area (Å²) in [6.45, 7) is 2.43. The van der Waals surface area contributed by atoms with Crippen molar-refractivity contribution < 1.29 is 9.53 Å². The number of imidazole rings is 1. The Labute approximate surface area is 188 Å². The highest BCUT2D eigenvalue weighted by atomic mass is 79.9. The van der Waals surface area contributed by atoms with Crippen molar-refractivity contribution in [1.29, 1.82) is 0 Å². The molecule has 0 fully saturated rings. The molecule has 0 saturated carbocycles. The number of carbonyl (C=O) groups is 1. The number of anilines is 2. The summed E-state index contributed by atoms with van der Waals surface area (Å²) in [5.41, 5.74) is 4.44. The summed E-state index contributed by atoms with van der Waals surface area (Å²) < 4.78 is 8.63. The van der Waals surface area contributed by atoms with Gasteiger partial charge in [-0.05, 0) is 48.5 Å². The molecule has 0 aliphatic carbocycles. The molecule has 1 aromatic heterocycles. The maximum atomic E-state index is 12.8. The highest BCUT2D eigenvalue weighted by Crippen LogP contribution is 2.32. The topological polar surface area (TPSA) is 59.4 Å². The number of para-hydroxylation sites is 2. The lowest BCUT2D eigenvalue weighted by Gasteiger charge is -2.30. The molecule has 3 aromatic carbocycles. The summed E-state index contributed by atoms with van der Waals surface area (Å²) in [5.74, 6) is 1.48. The number of aromatic nitrogens is 2. The van der Waals surface area contributed by atoms with Crippen molar-refractivity contribution in [1.82, 2.24) is 9.55 Å². The van der Waals surface area contributed by atoms with E-state index in [4.69, 9.17) is 9.72 Å². The number of nitrogens with zero attached hydrogens (tertiary/aromatic N) is 3. The summed E-state index contributed by atoms with van der Waals surface area (Å²) in [4.78, 5) is 19.8. The van der Waals surface area contributed by atoms with Crippen LogP contribution in [0.3, 0.4) is 0 Å². The summed E-state index contributed by atoms with van der Waals surface area (Å²) in [7, 11) is 1.60. The van der Waals surface area contributed by atoms with Crippen molar-refractivity contribution in [2.45, 2.75) is 13.1 Å². The number of fused-ring (bicyclic) bond motifs is 3. The van der Waals surface area contributed by atoms with E-state index in [1.807, 2.05) is 48.5 Å². The van der Waals surface area contributed by atoms with Crippen LogP contribution < -0.4 is 15.0 Å². The predicted molar refractivity (Wildman–Crippen MR) is 126 cm³/mol. The lowest BCUT2D eigenvalue weighted by atomic mass is 10.2. The van der Waals surface area contributed by atoms with Crippen LogP contribution in [0.2, 0.25) is 0 Å². The van der Waals surface area contributed by atoms with Crippen LogP contribution in [0.1, 0.15) is 16.2 Å². The Balaban J connectivity index is 1.42. The molecule has 0 atom stereocenters. The van der Waals surface area contributed by atoms with Gasteiger partial charge < -0.3 is 19.5 Å². The second-order valence-corrected chi connectivity index (χ2v) is 8.35. The van der Waals surface area contributed by atoms with Gasteiger partial charge >= 0.3 is 0 Å². The van der Waals surface area contributed by atoms with E-state index >= 15 is 0 Å². The maximum absolute atomic E-state index is 12.8. The Morgan fingerprint density at radius 2 is 1.94 bits per heavy atom. The highest BCUT2D eigenvalue weighted by molar-refractivity contribution is 9.10. The second kappa shape index (κ2) is 8.07. The number of nitrogens with one attached hydrogen (secondary N) is 1. The predicted octanol–water partition coefficient (Wildman–Crippen LogP) is 5.08. The fourth-order valence-corrected chi connectivity index (χ4v) is 4.40. The number of rotatable bonds is 4. The molecule has 1 amide bonds. The molecular formula is C24H21BrN4O2. The van der Waals surface area contributed by atoms with Gasteiger partial charge in [0.15, 0.2) is 0 Å². The smallest absolute Gasteiger partial charge is 0.255 e. The van der Waals surface area contributed by atoms with Gasteiger partial charge in [0.2, 0.25) is 0 Å². The molecule has 156 valence electrons. The van der Waals surface area contributed by atoms with Gasteiger partial charge in [0.25, 0.3) is 5.91 Å². The molecule has 5 rings (SSSR count). The third-order valence-electron chi connectivity index (χ3n) is 5.54. The minimum Gasteiger partial charge on any atom is -0.495 e. The van der Waals surface area contributed by atoms with Gasteiger partial charge in [0, 0.05) is 28.8 Å². The van der Waals surface area contributed by atoms with E-state index in [2.05, 4.69) is 36.8 Å². The number of hydrogen-bond donors (Lipinski definition) is 1. The first kappa shape index (κ1) is 19.6. The molecule has 0 saturated heterocycles. The van der Waals surface area contributed by atoms with E-state index in [9.17, 15) is 4.79 Å². The van der Waals surface area contributed by atoms with Crippen LogP contribution in [0.15, 0.2) is 71.2 Å². The molecular weight excluding hydrogens is 456 g/mol. The standard InChI is InChI=1S/C24H21BrN4O2/c1-31-22-10-9-18(14-20(22)27-24(30)16-5-4-6-17(25)13-16)28-11-12-29-21-8-3-2-7-19(21)26-23(29)15-28/h2-10,13-14H,11-12,15H2,1H3,(H,27,30). The quantitative estimate of drug-likeness (QED) is 0.446. The zero-order chi connectivity index (χ0) is 21.4. The molecule has 1 N–H and O–H groups in total. The molecule has 6 nitrogen and oxygen atoms in total. The fraction of sp³-hybridized carbons (Fsp3) is 0.167. The Kier molecular flexibility index (Phi) is 5.11. The molecule has 0 bridgehead atoms. The molecule has 1 aliphatic rings. The largest absolute Gasteiger partial charge is 0.495 e. The molecule has 0 spiro atoms. The number of benzene rings is 3. The van der Waals surface area contributed by atoms with E-state index in [0.29, 0.717) is 23.5 Å². The van der Waals surface area contributed by atoms with Gasteiger partial charge in [0.05, 0.1) is 30.4 Å². The van der Waals surface area contributed by atoms with Crippen LogP contribution in [0.5, 0.6) is 5.75 Å². The third-order valence-corrected chi connectivity index (χ3v) is 6.04. The van der Waals surface area contributed by atoms with E-state index in [-0.39, 0.29) is 5.91 Å². The number of methoxy groups -OCH3 is 1. The molecule has 1 aliphatic heterocycles. The van der Waals surface area contributed by atoms with Crippen LogP contribution >= 0.6 is 15.9 Å². The van der Waals surface area contributed by atoms with E-state index in [1.165, 1.54) is 5.52 Å². The SMILES string of the molecule is COc1ccc(N2CCn3c(nc4ccccc43)C2)cc1NC(=O)c1cccc(Br)c1. The van der Waals surface area contributed by atoms with Gasteiger partial charge in [-0.1, -0.05) is 34.1 Å². The zero-order valence-electron chi connectivity index (χ0n) is 17.0. The monoisotopic (exact) mass is 476 g/mol. The minimum absolute atomic E-state index is 0.183. The van der Waals surface area contributed by atoms with Gasteiger partial charge in [-0.25, -0.2) is 4.98 Å². The van der Waals surface area contributed by atoms with Crippen LogP contribution in [-0.2, 0) is 13.1 Å². The van der Waals surface area contributed by atoms with Crippen LogP contribution in [0.25, 0.3) is 11.0 Å². The molecule has 31 heavy (non-hydrogen) atoms. The number of ether oxygens (including phenoxy) is 1. The van der Waals surface area contributed by atoms with Crippen molar-refractivity contribution in [3.63, 3.8) is 0 Å². The average Bonchev–Trinajstić information content (AvgIpc) is 3.17. The summed E-state index contributed by atoms with van der Waals surface area (Å²) in [6.07, 6.45) is 0. The highest BCUT2D eigenvalue weighted by Gasteiger charge is 2.21. The van der Waals surface area contributed by atoms with Crippen LogP contribution in [-0.4, -0.2) is 29.1 Å². The summed E-state index contributed by atoms with van der Waals surface area (Å²) in [6, 6.07) is 21.4. The lowest BCUT2D eigenvalue weighted by Crippen LogP contribution is -2.33. The van der Waals surface area contributed by atoms with Gasteiger partial charge in [-0.3, -0.25) is 4.79 Å². The van der Waals surface area contributed by atoms with Crippen molar-refractivity contribution >= 4 is 44.2 Å². The van der Waals surface area contributed by atoms with Gasteiger partial charge in [0.1, 0.15) is 11.6 Å². The molecule has 0 unspecified atom stereocenters. The Bertz CT molecular complexity index is 1280. The first-order chi connectivity index (χ1) is 15.1. The van der Waals surface area contributed by atoms with E-state index in [1.54, 1.807) is 19.2 Å². The lowest BCUT2D eigenvalue weighted by molar-refractivity contribution is 0.102. The molecule has 7 heteroatoms. The number of carbonyl (C=O) groups excluding carboxylic acids is 1. The summed E-state index contributed by atoms with van der Waals surface area (Å²) >= 11 is 3.41. The third kappa shape index (κ3) is 3.77.